The Labute approximate surface area is 159 Å². The van der Waals surface area contributed by atoms with E-state index in [4.69, 9.17) is 9.47 Å². The lowest BCUT2D eigenvalue weighted by Crippen LogP contribution is -2.28. The Morgan fingerprint density at radius 1 is 1.04 bits per heavy atom. The van der Waals surface area contributed by atoms with E-state index in [1.807, 2.05) is 63.2 Å². The Balaban J connectivity index is 1.98. The van der Waals surface area contributed by atoms with Crippen molar-refractivity contribution in [2.45, 2.75) is 20.8 Å². The number of likely N-dealkylation sites (N-methyl/N-ethyl adjacent to an activating group) is 1. The van der Waals surface area contributed by atoms with Gasteiger partial charge in [0.15, 0.2) is 11.5 Å². The number of ether oxygens (including phenoxy) is 2. The Bertz CT molecular complexity index is 916. The summed E-state index contributed by atoms with van der Waals surface area (Å²) in [5, 5.41) is 0. The number of amidine groups is 1. The molecule has 2 aromatic rings. The van der Waals surface area contributed by atoms with Crippen LogP contribution >= 0.6 is 0 Å². The summed E-state index contributed by atoms with van der Waals surface area (Å²) in [7, 11) is 1.75. The quantitative estimate of drug-likeness (QED) is 0.727. The number of benzene rings is 2. The SMILES string of the molecule is CCOc1ccc(/C=C2\N=C(c3ccccc3C)N(C)C2=O)cc1OCC. The molecule has 0 fully saturated rings. The number of carbonyl (C=O) groups excluding carboxylic acids is 1. The molecule has 140 valence electrons. The number of rotatable bonds is 6. The summed E-state index contributed by atoms with van der Waals surface area (Å²) in [6.45, 7) is 6.97. The fraction of sp³-hybridized carbons (Fsp3) is 0.273. The fourth-order valence-corrected chi connectivity index (χ4v) is 2.98. The van der Waals surface area contributed by atoms with Crippen LogP contribution in [-0.2, 0) is 4.79 Å². The second-order valence-electron chi connectivity index (χ2n) is 6.22. The highest BCUT2D eigenvalue weighted by molar-refractivity contribution is 6.19. The van der Waals surface area contributed by atoms with E-state index in [0.717, 1.165) is 16.7 Å². The Morgan fingerprint density at radius 3 is 2.44 bits per heavy atom. The molecule has 0 aliphatic carbocycles. The van der Waals surface area contributed by atoms with Crippen LogP contribution in [0.1, 0.15) is 30.5 Å². The Hall–Kier alpha value is -3.08. The van der Waals surface area contributed by atoms with Gasteiger partial charge < -0.3 is 9.47 Å². The number of carbonyl (C=O) groups is 1. The van der Waals surface area contributed by atoms with Gasteiger partial charge >= 0.3 is 0 Å². The molecule has 2 aromatic carbocycles. The first-order chi connectivity index (χ1) is 13.0. The molecular weight excluding hydrogens is 340 g/mol. The van der Waals surface area contributed by atoms with Crippen molar-refractivity contribution in [2.75, 3.05) is 20.3 Å². The highest BCUT2D eigenvalue weighted by Crippen LogP contribution is 2.30. The minimum atomic E-state index is -0.125. The van der Waals surface area contributed by atoms with Crippen LogP contribution in [0.5, 0.6) is 11.5 Å². The normalized spacial score (nSPS) is 15.3. The molecule has 1 aliphatic rings. The molecule has 27 heavy (non-hydrogen) atoms. The summed E-state index contributed by atoms with van der Waals surface area (Å²) in [5.74, 6) is 1.90. The number of amides is 1. The predicted octanol–water partition coefficient (Wildman–Crippen LogP) is 4.05. The van der Waals surface area contributed by atoms with Crippen LogP contribution in [0.2, 0.25) is 0 Å². The van der Waals surface area contributed by atoms with E-state index in [-0.39, 0.29) is 5.91 Å². The second kappa shape index (κ2) is 8.08. The number of aryl methyl sites for hydroxylation is 1. The smallest absolute Gasteiger partial charge is 0.277 e. The maximum atomic E-state index is 12.7. The van der Waals surface area contributed by atoms with Gasteiger partial charge in [0.25, 0.3) is 5.91 Å². The first-order valence-electron chi connectivity index (χ1n) is 9.09. The molecule has 5 heteroatoms. The van der Waals surface area contributed by atoms with E-state index in [1.54, 1.807) is 18.0 Å². The molecule has 0 aromatic heterocycles. The van der Waals surface area contributed by atoms with Gasteiger partial charge in [0.05, 0.1) is 13.2 Å². The van der Waals surface area contributed by atoms with Crippen molar-refractivity contribution >= 4 is 17.8 Å². The summed E-state index contributed by atoms with van der Waals surface area (Å²) in [4.78, 5) is 18.9. The zero-order valence-corrected chi connectivity index (χ0v) is 16.2. The van der Waals surface area contributed by atoms with Crippen molar-refractivity contribution in [1.82, 2.24) is 4.90 Å². The molecule has 0 saturated carbocycles. The van der Waals surface area contributed by atoms with Crippen LogP contribution in [0.3, 0.4) is 0 Å². The minimum Gasteiger partial charge on any atom is -0.490 e. The molecule has 1 amide bonds. The maximum absolute atomic E-state index is 12.7. The Kier molecular flexibility index (Phi) is 5.60. The third-order valence-electron chi connectivity index (χ3n) is 4.32. The minimum absolute atomic E-state index is 0.125. The van der Waals surface area contributed by atoms with Crippen molar-refractivity contribution in [3.05, 3.63) is 64.9 Å². The molecule has 0 unspecified atom stereocenters. The van der Waals surface area contributed by atoms with Crippen LogP contribution in [0.4, 0.5) is 0 Å². The van der Waals surface area contributed by atoms with E-state index in [1.165, 1.54) is 0 Å². The standard InChI is InChI=1S/C22H24N2O3/c1-5-26-19-12-11-16(14-20(19)27-6-2)13-18-22(25)24(4)21(23-18)17-10-8-7-9-15(17)3/h7-14H,5-6H2,1-4H3/b18-13-. The summed E-state index contributed by atoms with van der Waals surface area (Å²) < 4.78 is 11.3. The first-order valence-corrected chi connectivity index (χ1v) is 9.09. The predicted molar refractivity (Wildman–Crippen MR) is 107 cm³/mol. The van der Waals surface area contributed by atoms with Crippen LogP contribution in [0.25, 0.3) is 6.08 Å². The van der Waals surface area contributed by atoms with E-state index in [2.05, 4.69) is 4.99 Å². The summed E-state index contributed by atoms with van der Waals surface area (Å²) in [6.07, 6.45) is 1.78. The van der Waals surface area contributed by atoms with Gasteiger partial charge in [-0.3, -0.25) is 9.69 Å². The van der Waals surface area contributed by atoms with Crippen molar-refractivity contribution in [3.63, 3.8) is 0 Å². The van der Waals surface area contributed by atoms with Gasteiger partial charge in [-0.05, 0) is 50.1 Å². The Morgan fingerprint density at radius 2 is 1.74 bits per heavy atom. The summed E-state index contributed by atoms with van der Waals surface area (Å²) in [5.41, 5.74) is 3.28. The van der Waals surface area contributed by atoms with Gasteiger partial charge in [0.1, 0.15) is 11.5 Å². The van der Waals surface area contributed by atoms with Gasteiger partial charge in [-0.25, -0.2) is 4.99 Å². The van der Waals surface area contributed by atoms with Gasteiger partial charge in [-0.1, -0.05) is 30.3 Å². The van der Waals surface area contributed by atoms with Gasteiger partial charge in [-0.2, -0.15) is 0 Å². The second-order valence-corrected chi connectivity index (χ2v) is 6.22. The van der Waals surface area contributed by atoms with Crippen LogP contribution < -0.4 is 9.47 Å². The molecule has 0 atom stereocenters. The molecule has 1 aliphatic heterocycles. The molecule has 5 nitrogen and oxygen atoms in total. The third kappa shape index (κ3) is 3.87. The van der Waals surface area contributed by atoms with Gasteiger partial charge in [-0.15, -0.1) is 0 Å². The van der Waals surface area contributed by atoms with E-state index < -0.39 is 0 Å². The fourth-order valence-electron chi connectivity index (χ4n) is 2.98. The van der Waals surface area contributed by atoms with Crippen LogP contribution in [-0.4, -0.2) is 36.9 Å². The molecule has 0 bridgehead atoms. The van der Waals surface area contributed by atoms with Crippen LogP contribution in [0.15, 0.2) is 53.2 Å². The van der Waals surface area contributed by atoms with Crippen molar-refractivity contribution in [2.24, 2.45) is 4.99 Å². The van der Waals surface area contributed by atoms with Crippen molar-refractivity contribution in [1.29, 1.82) is 0 Å². The van der Waals surface area contributed by atoms with E-state index in [0.29, 0.717) is 36.2 Å². The lowest BCUT2D eigenvalue weighted by Gasteiger charge is -2.13. The molecule has 0 N–H and O–H groups in total. The molecule has 0 spiro atoms. The molecule has 1 heterocycles. The van der Waals surface area contributed by atoms with E-state index in [9.17, 15) is 4.79 Å². The summed E-state index contributed by atoms with van der Waals surface area (Å²) >= 11 is 0. The highest BCUT2D eigenvalue weighted by Gasteiger charge is 2.28. The number of hydrogen-bond donors (Lipinski definition) is 0. The number of aliphatic imine (C=N–C) groups is 1. The largest absolute Gasteiger partial charge is 0.490 e. The van der Waals surface area contributed by atoms with Gasteiger partial charge in [0.2, 0.25) is 0 Å². The topological polar surface area (TPSA) is 51.1 Å². The summed E-state index contributed by atoms with van der Waals surface area (Å²) in [6, 6.07) is 13.5. The average molecular weight is 364 g/mol. The lowest BCUT2D eigenvalue weighted by atomic mass is 10.1. The van der Waals surface area contributed by atoms with Crippen molar-refractivity contribution in [3.8, 4) is 11.5 Å². The molecule has 0 radical (unpaired) electrons. The van der Waals surface area contributed by atoms with Gasteiger partial charge in [0, 0.05) is 12.6 Å². The number of hydrogen-bond acceptors (Lipinski definition) is 4. The average Bonchev–Trinajstić information content (AvgIpc) is 2.93. The zero-order valence-electron chi connectivity index (χ0n) is 16.2. The maximum Gasteiger partial charge on any atom is 0.277 e. The third-order valence-corrected chi connectivity index (χ3v) is 4.32. The van der Waals surface area contributed by atoms with E-state index >= 15 is 0 Å². The van der Waals surface area contributed by atoms with Crippen LogP contribution in [0, 0.1) is 6.92 Å². The molecule has 0 saturated heterocycles. The molecule has 3 rings (SSSR count). The monoisotopic (exact) mass is 364 g/mol. The lowest BCUT2D eigenvalue weighted by molar-refractivity contribution is -0.121. The highest BCUT2D eigenvalue weighted by atomic mass is 16.5. The van der Waals surface area contributed by atoms with Crippen molar-refractivity contribution < 1.29 is 14.3 Å². The number of nitrogens with zero attached hydrogens (tertiary/aromatic N) is 2. The molecular formula is C22H24N2O3. The zero-order chi connectivity index (χ0) is 19.4. The first kappa shape index (κ1) is 18.7.